The van der Waals surface area contributed by atoms with Crippen LogP contribution in [-0.4, -0.2) is 6.54 Å². The second kappa shape index (κ2) is 4.56. The summed E-state index contributed by atoms with van der Waals surface area (Å²) in [5.74, 6) is 0.289. The molecule has 3 heteroatoms. The van der Waals surface area contributed by atoms with Gasteiger partial charge >= 0.3 is 0 Å². The molecule has 0 aliphatic heterocycles. The molecule has 0 radical (unpaired) electrons. The highest BCUT2D eigenvalue weighted by atomic mass is 35.5. The number of hydrogen-bond acceptors (Lipinski definition) is 1. The Kier molecular flexibility index (Phi) is 3.31. The van der Waals surface area contributed by atoms with Gasteiger partial charge in [-0.15, -0.1) is 0 Å². The van der Waals surface area contributed by atoms with E-state index in [1.807, 2.05) is 6.07 Å². The van der Waals surface area contributed by atoms with E-state index in [9.17, 15) is 4.39 Å². The molecular weight excluding hydrogens is 225 g/mol. The minimum Gasteiger partial charge on any atom is -0.305 e. The third-order valence-electron chi connectivity index (χ3n) is 3.07. The summed E-state index contributed by atoms with van der Waals surface area (Å²) in [5, 5.41) is 3.90. The maximum absolute atomic E-state index is 13.2. The highest BCUT2D eigenvalue weighted by molar-refractivity contribution is 6.29. The predicted molar refractivity (Wildman–Crippen MR) is 65.0 cm³/mol. The molecule has 16 heavy (non-hydrogen) atoms. The number of fused-ring (bicyclic) bond motifs is 1. The first kappa shape index (κ1) is 11.6. The molecule has 2 rings (SSSR count). The Morgan fingerprint density at radius 2 is 2.38 bits per heavy atom. The lowest BCUT2D eigenvalue weighted by atomic mass is 10.0. The van der Waals surface area contributed by atoms with Crippen LogP contribution < -0.4 is 5.32 Å². The van der Waals surface area contributed by atoms with Crippen LogP contribution in [0, 0.1) is 11.7 Å². The van der Waals surface area contributed by atoms with Crippen molar-refractivity contribution in [3.63, 3.8) is 0 Å². The monoisotopic (exact) mass is 239 g/mol. The minimum absolute atomic E-state index is 0.177. The zero-order valence-electron chi connectivity index (χ0n) is 9.26. The van der Waals surface area contributed by atoms with Crippen LogP contribution in [-0.2, 0) is 6.42 Å². The van der Waals surface area contributed by atoms with Gasteiger partial charge in [0.15, 0.2) is 0 Å². The van der Waals surface area contributed by atoms with Crippen LogP contribution in [0.25, 0.3) is 0 Å². The third kappa shape index (κ3) is 2.28. The Hall–Kier alpha value is -0.860. The Morgan fingerprint density at radius 3 is 3.06 bits per heavy atom. The highest BCUT2D eigenvalue weighted by Gasteiger charge is 2.29. The van der Waals surface area contributed by atoms with Crippen LogP contribution in [0.1, 0.15) is 24.1 Å². The van der Waals surface area contributed by atoms with Crippen molar-refractivity contribution in [1.82, 2.24) is 5.32 Å². The molecule has 0 heterocycles. The molecule has 0 aromatic heterocycles. The molecule has 0 fully saturated rings. The second-order valence-electron chi connectivity index (χ2n) is 4.40. The van der Waals surface area contributed by atoms with Crippen LogP contribution in [0.4, 0.5) is 4.39 Å². The fourth-order valence-electron chi connectivity index (χ4n) is 2.34. The van der Waals surface area contributed by atoms with Gasteiger partial charge in [-0.2, -0.15) is 0 Å². The maximum atomic E-state index is 13.2. The van der Waals surface area contributed by atoms with Crippen molar-refractivity contribution in [2.75, 3.05) is 6.54 Å². The number of halogens is 2. The Morgan fingerprint density at radius 1 is 1.62 bits per heavy atom. The van der Waals surface area contributed by atoms with Crippen LogP contribution in [0.15, 0.2) is 29.8 Å². The maximum Gasteiger partial charge on any atom is 0.123 e. The van der Waals surface area contributed by atoms with Gasteiger partial charge in [0, 0.05) is 17.6 Å². The largest absolute Gasteiger partial charge is 0.305 e. The molecule has 0 saturated carbocycles. The van der Waals surface area contributed by atoms with Gasteiger partial charge in [0.25, 0.3) is 0 Å². The summed E-state index contributed by atoms with van der Waals surface area (Å²) in [7, 11) is 0. The summed E-state index contributed by atoms with van der Waals surface area (Å²) in [6.07, 6.45) is 0.988. The molecule has 1 N–H and O–H groups in total. The van der Waals surface area contributed by atoms with Crippen molar-refractivity contribution in [1.29, 1.82) is 0 Å². The fourth-order valence-corrected chi connectivity index (χ4v) is 2.42. The zero-order chi connectivity index (χ0) is 11.7. The minimum atomic E-state index is -0.177. The van der Waals surface area contributed by atoms with E-state index in [0.717, 1.165) is 12.0 Å². The molecule has 0 spiro atoms. The summed E-state index contributed by atoms with van der Waals surface area (Å²) in [4.78, 5) is 0. The summed E-state index contributed by atoms with van der Waals surface area (Å²) in [6, 6.07) is 5.20. The SMILES string of the molecule is C=C(Cl)CNC1c2cc(F)ccc2CC1C. The van der Waals surface area contributed by atoms with E-state index in [-0.39, 0.29) is 11.9 Å². The van der Waals surface area contributed by atoms with Gasteiger partial charge in [-0.25, -0.2) is 4.39 Å². The molecule has 1 aliphatic carbocycles. The molecule has 2 atom stereocenters. The lowest BCUT2D eigenvalue weighted by Crippen LogP contribution is -2.25. The van der Waals surface area contributed by atoms with Crippen molar-refractivity contribution in [2.45, 2.75) is 19.4 Å². The molecule has 1 aromatic rings. The van der Waals surface area contributed by atoms with Gasteiger partial charge in [0.2, 0.25) is 0 Å². The van der Waals surface area contributed by atoms with Gasteiger partial charge in [-0.3, -0.25) is 0 Å². The van der Waals surface area contributed by atoms with Gasteiger partial charge in [0.05, 0.1) is 0 Å². The van der Waals surface area contributed by atoms with Gasteiger partial charge < -0.3 is 5.32 Å². The smallest absolute Gasteiger partial charge is 0.123 e. The molecule has 1 aliphatic rings. The van der Waals surface area contributed by atoms with E-state index in [0.29, 0.717) is 17.5 Å². The topological polar surface area (TPSA) is 12.0 Å². The van der Waals surface area contributed by atoms with E-state index in [1.54, 1.807) is 6.07 Å². The van der Waals surface area contributed by atoms with Crippen molar-refractivity contribution in [3.8, 4) is 0 Å². The van der Waals surface area contributed by atoms with Crippen LogP contribution in [0.2, 0.25) is 0 Å². The fraction of sp³-hybridized carbons (Fsp3) is 0.385. The number of hydrogen-bond donors (Lipinski definition) is 1. The molecular formula is C13H15ClFN. The van der Waals surface area contributed by atoms with Crippen molar-refractivity contribution in [3.05, 3.63) is 46.8 Å². The third-order valence-corrected chi connectivity index (χ3v) is 3.20. The van der Waals surface area contributed by atoms with E-state index in [4.69, 9.17) is 11.6 Å². The van der Waals surface area contributed by atoms with Crippen LogP contribution in [0.5, 0.6) is 0 Å². The standard InChI is InChI=1S/C13H15ClFN/c1-8-5-10-3-4-11(15)6-12(10)13(8)16-7-9(2)14/h3-4,6,8,13,16H,2,5,7H2,1H3. The summed E-state index contributed by atoms with van der Waals surface area (Å²) in [5.41, 5.74) is 2.29. The quantitative estimate of drug-likeness (QED) is 0.853. The molecule has 0 bridgehead atoms. The van der Waals surface area contributed by atoms with E-state index >= 15 is 0 Å². The summed E-state index contributed by atoms with van der Waals surface area (Å²) < 4.78 is 13.2. The van der Waals surface area contributed by atoms with E-state index < -0.39 is 0 Å². The molecule has 2 unspecified atom stereocenters. The highest BCUT2D eigenvalue weighted by Crippen LogP contribution is 2.36. The van der Waals surface area contributed by atoms with Crippen molar-refractivity contribution in [2.24, 2.45) is 5.92 Å². The average molecular weight is 240 g/mol. The van der Waals surface area contributed by atoms with Crippen LogP contribution >= 0.6 is 11.6 Å². The molecule has 1 aromatic carbocycles. The van der Waals surface area contributed by atoms with Crippen molar-refractivity contribution >= 4 is 11.6 Å². The molecule has 86 valence electrons. The Balaban J connectivity index is 2.21. The summed E-state index contributed by atoms with van der Waals surface area (Å²) in [6.45, 7) is 6.36. The van der Waals surface area contributed by atoms with E-state index in [2.05, 4.69) is 18.8 Å². The van der Waals surface area contributed by atoms with Crippen LogP contribution in [0.3, 0.4) is 0 Å². The van der Waals surface area contributed by atoms with Crippen molar-refractivity contribution < 1.29 is 4.39 Å². The summed E-state index contributed by atoms with van der Waals surface area (Å²) >= 11 is 5.73. The van der Waals surface area contributed by atoms with Gasteiger partial charge in [-0.05, 0) is 35.6 Å². The molecule has 0 saturated heterocycles. The Bertz CT molecular complexity index is 416. The first-order valence-electron chi connectivity index (χ1n) is 5.43. The first-order chi connectivity index (χ1) is 7.58. The Labute approximate surface area is 100 Å². The van der Waals surface area contributed by atoms with Gasteiger partial charge in [0.1, 0.15) is 5.82 Å². The molecule has 0 amide bonds. The van der Waals surface area contributed by atoms with Gasteiger partial charge in [-0.1, -0.05) is 31.2 Å². The second-order valence-corrected chi connectivity index (χ2v) is 4.93. The van der Waals surface area contributed by atoms with E-state index in [1.165, 1.54) is 11.6 Å². The zero-order valence-corrected chi connectivity index (χ0v) is 10.0. The number of benzene rings is 1. The lowest BCUT2D eigenvalue weighted by molar-refractivity contribution is 0.431. The molecule has 1 nitrogen and oxygen atoms in total. The predicted octanol–water partition coefficient (Wildman–Crippen LogP) is 3.40. The normalized spacial score (nSPS) is 23.2. The lowest BCUT2D eigenvalue weighted by Gasteiger charge is -2.18. The number of rotatable bonds is 3. The first-order valence-corrected chi connectivity index (χ1v) is 5.80. The average Bonchev–Trinajstić information content (AvgIpc) is 2.51. The number of nitrogens with one attached hydrogen (secondary N) is 1.